The number of ether oxygens (including phenoxy) is 2. The third-order valence-corrected chi connectivity index (χ3v) is 2.33. The molecule has 1 aromatic rings. The van der Waals surface area contributed by atoms with Crippen molar-refractivity contribution in [3.05, 3.63) is 18.2 Å². The lowest BCUT2D eigenvalue weighted by atomic mass is 10.2. The summed E-state index contributed by atoms with van der Waals surface area (Å²) in [5.74, 6) is 1.67. The molecule has 1 aromatic carbocycles. The van der Waals surface area contributed by atoms with Gasteiger partial charge in [0.2, 0.25) is 0 Å². The second-order valence-electron chi connectivity index (χ2n) is 3.45. The Morgan fingerprint density at radius 2 is 1.94 bits per heavy atom. The second kappa shape index (κ2) is 6.95. The monoisotopic (exact) mass is 224 g/mol. The van der Waals surface area contributed by atoms with Gasteiger partial charge in [0.25, 0.3) is 0 Å². The number of nitrogens with one attached hydrogen (secondary N) is 2. The Labute approximate surface area is 96.9 Å². The highest BCUT2D eigenvalue weighted by atomic mass is 16.5. The average Bonchev–Trinajstić information content (AvgIpc) is 2.34. The maximum Gasteiger partial charge on any atom is 0.142 e. The maximum absolute atomic E-state index is 5.27. The molecule has 4 heteroatoms. The van der Waals surface area contributed by atoms with Crippen LogP contribution in [0, 0.1) is 0 Å². The fourth-order valence-electron chi connectivity index (χ4n) is 1.44. The van der Waals surface area contributed by atoms with Gasteiger partial charge in [-0.15, -0.1) is 0 Å². The van der Waals surface area contributed by atoms with E-state index in [0.29, 0.717) is 0 Å². The van der Waals surface area contributed by atoms with E-state index in [4.69, 9.17) is 9.47 Å². The van der Waals surface area contributed by atoms with Gasteiger partial charge in [-0.25, -0.2) is 0 Å². The molecular formula is C12H20N2O2. The Morgan fingerprint density at radius 1 is 1.12 bits per heavy atom. The fraction of sp³-hybridized carbons (Fsp3) is 0.500. The zero-order chi connectivity index (χ0) is 11.8. The van der Waals surface area contributed by atoms with Crippen LogP contribution in [0.5, 0.6) is 11.5 Å². The van der Waals surface area contributed by atoms with Gasteiger partial charge in [0.05, 0.1) is 19.9 Å². The van der Waals surface area contributed by atoms with Gasteiger partial charge >= 0.3 is 0 Å². The van der Waals surface area contributed by atoms with Crippen molar-refractivity contribution in [1.29, 1.82) is 0 Å². The van der Waals surface area contributed by atoms with Crippen molar-refractivity contribution < 1.29 is 9.47 Å². The van der Waals surface area contributed by atoms with Crippen LogP contribution in [-0.4, -0.2) is 34.4 Å². The van der Waals surface area contributed by atoms with Crippen LogP contribution in [0.25, 0.3) is 0 Å². The molecule has 0 fully saturated rings. The molecule has 0 aromatic heterocycles. The fourth-order valence-corrected chi connectivity index (χ4v) is 1.44. The smallest absolute Gasteiger partial charge is 0.142 e. The van der Waals surface area contributed by atoms with E-state index in [2.05, 4.69) is 10.6 Å². The summed E-state index contributed by atoms with van der Waals surface area (Å²) in [5.41, 5.74) is 0.970. The van der Waals surface area contributed by atoms with E-state index in [1.165, 1.54) is 0 Å². The number of anilines is 1. The molecule has 0 unspecified atom stereocenters. The molecule has 2 N–H and O–H groups in total. The summed E-state index contributed by atoms with van der Waals surface area (Å²) in [6.45, 7) is 1.91. The Bertz CT molecular complexity index is 316. The van der Waals surface area contributed by atoms with Crippen LogP contribution in [0.15, 0.2) is 18.2 Å². The van der Waals surface area contributed by atoms with E-state index in [1.54, 1.807) is 14.2 Å². The first kappa shape index (κ1) is 12.6. The van der Waals surface area contributed by atoms with E-state index < -0.39 is 0 Å². The standard InChI is InChI=1S/C12H20N2O2/c1-13-7-4-8-14-11-9-10(15-2)5-6-12(11)16-3/h5-6,9,13-14H,4,7-8H2,1-3H3. The van der Waals surface area contributed by atoms with Gasteiger partial charge in [0.1, 0.15) is 11.5 Å². The molecule has 90 valence electrons. The Kier molecular flexibility index (Phi) is 5.50. The highest BCUT2D eigenvalue weighted by Gasteiger charge is 2.03. The molecule has 0 bridgehead atoms. The molecular weight excluding hydrogens is 204 g/mol. The van der Waals surface area contributed by atoms with Crippen molar-refractivity contribution >= 4 is 5.69 Å². The van der Waals surface area contributed by atoms with Crippen LogP contribution in [-0.2, 0) is 0 Å². The number of methoxy groups -OCH3 is 2. The van der Waals surface area contributed by atoms with E-state index >= 15 is 0 Å². The van der Waals surface area contributed by atoms with Gasteiger partial charge in [0.15, 0.2) is 0 Å². The topological polar surface area (TPSA) is 42.5 Å². The molecule has 0 saturated heterocycles. The lowest BCUT2D eigenvalue weighted by molar-refractivity contribution is 0.404. The van der Waals surface area contributed by atoms with Gasteiger partial charge in [-0.3, -0.25) is 0 Å². The van der Waals surface area contributed by atoms with Crippen molar-refractivity contribution in [2.45, 2.75) is 6.42 Å². The van der Waals surface area contributed by atoms with Crippen LogP contribution in [0.1, 0.15) is 6.42 Å². The van der Waals surface area contributed by atoms with E-state index in [9.17, 15) is 0 Å². The summed E-state index contributed by atoms with van der Waals surface area (Å²) >= 11 is 0. The first-order valence-electron chi connectivity index (χ1n) is 5.42. The molecule has 0 aliphatic rings. The van der Waals surface area contributed by atoms with Crippen molar-refractivity contribution in [2.75, 3.05) is 39.7 Å². The van der Waals surface area contributed by atoms with Crippen LogP contribution in [0.2, 0.25) is 0 Å². The third kappa shape index (κ3) is 3.62. The summed E-state index contributed by atoms with van der Waals surface area (Å²) in [6, 6.07) is 5.73. The molecule has 0 amide bonds. The van der Waals surface area contributed by atoms with Crippen molar-refractivity contribution in [2.24, 2.45) is 0 Å². The first-order valence-corrected chi connectivity index (χ1v) is 5.42. The zero-order valence-corrected chi connectivity index (χ0v) is 10.2. The number of rotatable bonds is 7. The first-order chi connectivity index (χ1) is 7.81. The number of hydrogen-bond donors (Lipinski definition) is 2. The highest BCUT2D eigenvalue weighted by molar-refractivity contribution is 5.59. The van der Waals surface area contributed by atoms with Crippen LogP contribution < -0.4 is 20.1 Å². The predicted molar refractivity (Wildman–Crippen MR) is 66.6 cm³/mol. The second-order valence-corrected chi connectivity index (χ2v) is 3.45. The maximum atomic E-state index is 5.27. The van der Waals surface area contributed by atoms with Gasteiger partial charge in [-0.1, -0.05) is 0 Å². The molecule has 1 rings (SSSR count). The van der Waals surface area contributed by atoms with Gasteiger partial charge < -0.3 is 20.1 Å². The van der Waals surface area contributed by atoms with Crippen molar-refractivity contribution in [3.63, 3.8) is 0 Å². The molecule has 0 saturated carbocycles. The third-order valence-electron chi connectivity index (χ3n) is 2.33. The summed E-state index contributed by atoms with van der Waals surface area (Å²) in [6.07, 6.45) is 1.07. The Balaban J connectivity index is 2.60. The summed E-state index contributed by atoms with van der Waals surface area (Å²) in [7, 11) is 5.28. The molecule has 0 atom stereocenters. The molecule has 0 aliphatic heterocycles. The summed E-state index contributed by atoms with van der Waals surface area (Å²) in [4.78, 5) is 0. The predicted octanol–water partition coefficient (Wildman–Crippen LogP) is 1.73. The molecule has 0 aliphatic carbocycles. The summed E-state index contributed by atoms with van der Waals surface area (Å²) < 4.78 is 10.4. The molecule has 0 heterocycles. The lowest BCUT2D eigenvalue weighted by Crippen LogP contribution is -2.13. The van der Waals surface area contributed by atoms with Crippen LogP contribution >= 0.6 is 0 Å². The van der Waals surface area contributed by atoms with Gasteiger partial charge in [-0.2, -0.15) is 0 Å². The SMILES string of the molecule is CNCCCNc1cc(OC)ccc1OC. The number of hydrogen-bond acceptors (Lipinski definition) is 4. The lowest BCUT2D eigenvalue weighted by Gasteiger charge is -2.12. The molecule has 0 spiro atoms. The van der Waals surface area contributed by atoms with Gasteiger partial charge in [-0.05, 0) is 32.1 Å². The van der Waals surface area contributed by atoms with Crippen molar-refractivity contribution in [1.82, 2.24) is 5.32 Å². The average molecular weight is 224 g/mol. The highest BCUT2D eigenvalue weighted by Crippen LogP contribution is 2.28. The summed E-state index contributed by atoms with van der Waals surface area (Å²) in [5, 5.41) is 6.44. The largest absolute Gasteiger partial charge is 0.497 e. The zero-order valence-electron chi connectivity index (χ0n) is 10.2. The minimum atomic E-state index is 0.830. The molecule has 16 heavy (non-hydrogen) atoms. The van der Waals surface area contributed by atoms with Crippen LogP contribution in [0.3, 0.4) is 0 Å². The Morgan fingerprint density at radius 3 is 2.56 bits per heavy atom. The van der Waals surface area contributed by atoms with Gasteiger partial charge in [0, 0.05) is 12.6 Å². The quantitative estimate of drug-likeness (QED) is 0.692. The Hall–Kier alpha value is -1.42. The van der Waals surface area contributed by atoms with Crippen molar-refractivity contribution in [3.8, 4) is 11.5 Å². The van der Waals surface area contributed by atoms with E-state index in [0.717, 1.165) is 36.7 Å². The molecule has 0 radical (unpaired) electrons. The van der Waals surface area contributed by atoms with Crippen LogP contribution in [0.4, 0.5) is 5.69 Å². The van der Waals surface area contributed by atoms with E-state index in [1.807, 2.05) is 25.2 Å². The number of benzene rings is 1. The minimum absolute atomic E-state index is 0.830. The molecule has 4 nitrogen and oxygen atoms in total. The minimum Gasteiger partial charge on any atom is -0.497 e. The normalized spacial score (nSPS) is 9.94. The van der Waals surface area contributed by atoms with E-state index in [-0.39, 0.29) is 0 Å².